The van der Waals surface area contributed by atoms with Gasteiger partial charge in [-0.25, -0.2) is 4.98 Å². The number of aliphatic hydroxyl groups is 1. The van der Waals surface area contributed by atoms with E-state index in [2.05, 4.69) is 9.97 Å². The maximum absolute atomic E-state index is 13.3. The average molecular weight is 375 g/mol. The van der Waals surface area contributed by atoms with Crippen molar-refractivity contribution in [1.29, 1.82) is 0 Å². The van der Waals surface area contributed by atoms with Gasteiger partial charge in [-0.2, -0.15) is 0 Å². The van der Waals surface area contributed by atoms with Gasteiger partial charge in [-0.05, 0) is 37.0 Å². The van der Waals surface area contributed by atoms with Gasteiger partial charge in [-0.1, -0.05) is 55.3 Å². The van der Waals surface area contributed by atoms with Gasteiger partial charge in [0.15, 0.2) is 5.82 Å². The molecule has 0 bridgehead atoms. The second-order valence-corrected chi connectivity index (χ2v) is 8.10. The lowest BCUT2D eigenvalue weighted by atomic mass is 9.66. The number of aromatic nitrogens is 2. The zero-order valence-corrected chi connectivity index (χ0v) is 15.8. The molecule has 0 spiro atoms. The molecular weight excluding hydrogens is 350 g/mol. The van der Waals surface area contributed by atoms with Crippen molar-refractivity contribution in [2.24, 2.45) is 5.92 Å². The molecule has 1 aliphatic heterocycles. The maximum atomic E-state index is 13.3. The van der Waals surface area contributed by atoms with E-state index in [0.29, 0.717) is 18.8 Å². The summed E-state index contributed by atoms with van der Waals surface area (Å²) in [5.74, 6) is 0.407. The topological polar surface area (TPSA) is 69.2 Å². The van der Waals surface area contributed by atoms with Gasteiger partial charge in [0.2, 0.25) is 0 Å². The molecule has 2 N–H and O–H groups in total. The molecule has 1 unspecified atom stereocenters. The molecule has 144 valence electrons. The molecule has 1 amide bonds. The number of nitrogens with one attached hydrogen (secondary N) is 1. The van der Waals surface area contributed by atoms with Gasteiger partial charge >= 0.3 is 0 Å². The molecule has 5 nitrogen and oxygen atoms in total. The molecule has 28 heavy (non-hydrogen) atoms. The Bertz CT molecular complexity index is 966. The first kappa shape index (κ1) is 17.4. The first-order valence-corrected chi connectivity index (χ1v) is 10.2. The Balaban J connectivity index is 1.48. The van der Waals surface area contributed by atoms with Crippen LogP contribution in [0.2, 0.25) is 0 Å². The van der Waals surface area contributed by atoms with Crippen molar-refractivity contribution < 1.29 is 9.90 Å². The van der Waals surface area contributed by atoms with Crippen LogP contribution in [-0.4, -0.2) is 38.5 Å². The molecule has 3 aromatic rings. The number of nitrogens with zero attached hydrogens (tertiary/aromatic N) is 2. The highest BCUT2D eigenvalue weighted by molar-refractivity contribution is 5.94. The minimum Gasteiger partial charge on any atom is -0.385 e. The first-order chi connectivity index (χ1) is 13.7. The number of rotatable bonds is 2. The number of carbonyl (C=O) groups excluding carboxylic acids is 1. The number of hydrogen-bond donors (Lipinski definition) is 2. The fraction of sp³-hybridized carbons (Fsp3) is 0.391. The van der Waals surface area contributed by atoms with E-state index in [1.165, 1.54) is 0 Å². The fourth-order valence-electron chi connectivity index (χ4n) is 5.21. The van der Waals surface area contributed by atoms with Crippen LogP contribution in [0.5, 0.6) is 0 Å². The standard InChI is InChI=1S/C23H25N3O2/c27-22(21-24-18-11-5-6-12-19(18)25-21)26-15-14-23(28,16-8-2-1-3-9-16)17-10-4-7-13-20(17)26/h1-3,5-6,8-9,11-12,17,20,28H,4,7,10,13-15H2,(H,24,25)/t17-,20+,23?/m1/s1. The summed E-state index contributed by atoms with van der Waals surface area (Å²) < 4.78 is 0. The van der Waals surface area contributed by atoms with Crippen LogP contribution < -0.4 is 0 Å². The molecule has 5 rings (SSSR count). The molecule has 2 aliphatic rings. The molecule has 1 aliphatic carbocycles. The summed E-state index contributed by atoms with van der Waals surface area (Å²) >= 11 is 0. The monoisotopic (exact) mass is 375 g/mol. The van der Waals surface area contributed by atoms with Gasteiger partial charge in [-0.15, -0.1) is 0 Å². The largest absolute Gasteiger partial charge is 0.385 e. The third-order valence-electron chi connectivity index (χ3n) is 6.60. The summed E-state index contributed by atoms with van der Waals surface area (Å²) in [6.07, 6.45) is 4.63. The zero-order valence-electron chi connectivity index (χ0n) is 15.8. The highest BCUT2D eigenvalue weighted by Gasteiger charge is 2.50. The number of carbonyl (C=O) groups is 1. The van der Waals surface area contributed by atoms with Gasteiger partial charge < -0.3 is 15.0 Å². The Morgan fingerprint density at radius 2 is 1.82 bits per heavy atom. The highest BCUT2D eigenvalue weighted by Crippen LogP contribution is 2.47. The van der Waals surface area contributed by atoms with Crippen molar-refractivity contribution in [3.63, 3.8) is 0 Å². The van der Waals surface area contributed by atoms with Crippen molar-refractivity contribution in [1.82, 2.24) is 14.9 Å². The minimum absolute atomic E-state index is 0.0495. The van der Waals surface area contributed by atoms with Crippen molar-refractivity contribution in [2.45, 2.75) is 43.7 Å². The van der Waals surface area contributed by atoms with Crippen molar-refractivity contribution in [3.05, 3.63) is 66.0 Å². The Kier molecular flexibility index (Phi) is 4.20. The minimum atomic E-state index is -0.864. The van der Waals surface area contributed by atoms with Crippen molar-refractivity contribution in [2.75, 3.05) is 6.54 Å². The number of piperidine rings is 1. The second kappa shape index (κ2) is 6.74. The third-order valence-corrected chi connectivity index (χ3v) is 6.60. The molecule has 1 aromatic heterocycles. The maximum Gasteiger partial charge on any atom is 0.289 e. The Labute approximate surface area is 164 Å². The van der Waals surface area contributed by atoms with Crippen LogP contribution in [0.1, 0.15) is 48.3 Å². The van der Waals surface area contributed by atoms with Crippen molar-refractivity contribution >= 4 is 16.9 Å². The van der Waals surface area contributed by atoms with Crippen LogP contribution in [0.25, 0.3) is 11.0 Å². The van der Waals surface area contributed by atoms with Crippen molar-refractivity contribution in [3.8, 4) is 0 Å². The number of amides is 1. The van der Waals surface area contributed by atoms with Crippen LogP contribution in [0.3, 0.4) is 0 Å². The molecular formula is C23H25N3O2. The van der Waals surface area contributed by atoms with Crippen LogP contribution in [-0.2, 0) is 5.60 Å². The van der Waals surface area contributed by atoms with Crippen LogP contribution in [0.4, 0.5) is 0 Å². The van der Waals surface area contributed by atoms with Crippen LogP contribution in [0.15, 0.2) is 54.6 Å². The summed E-state index contributed by atoms with van der Waals surface area (Å²) in [5, 5.41) is 11.7. The Hall–Kier alpha value is -2.66. The molecule has 2 heterocycles. The zero-order chi connectivity index (χ0) is 19.1. The SMILES string of the molecule is O=C(c1nc2ccccc2[nH]1)N1CCC(O)(c2ccccc2)[C@@H]2CCCC[C@@H]21. The van der Waals surface area contributed by atoms with Gasteiger partial charge in [0.25, 0.3) is 5.91 Å². The summed E-state index contributed by atoms with van der Waals surface area (Å²) in [5.41, 5.74) is 1.80. The lowest BCUT2D eigenvalue weighted by Crippen LogP contribution is -2.59. The number of H-pyrrole nitrogens is 1. The van der Waals surface area contributed by atoms with E-state index in [1.807, 2.05) is 59.5 Å². The van der Waals surface area contributed by atoms with E-state index in [-0.39, 0.29) is 17.9 Å². The predicted molar refractivity (Wildman–Crippen MR) is 108 cm³/mol. The smallest absolute Gasteiger partial charge is 0.289 e. The number of benzene rings is 2. The number of hydrogen-bond acceptors (Lipinski definition) is 3. The average Bonchev–Trinajstić information content (AvgIpc) is 3.19. The second-order valence-electron chi connectivity index (χ2n) is 8.10. The van der Waals surface area contributed by atoms with Gasteiger partial charge in [0, 0.05) is 18.5 Å². The number of para-hydroxylation sites is 2. The summed E-state index contributed by atoms with van der Waals surface area (Å²) in [6.45, 7) is 0.544. The Morgan fingerprint density at radius 1 is 1.07 bits per heavy atom. The first-order valence-electron chi connectivity index (χ1n) is 10.2. The molecule has 0 radical (unpaired) electrons. The van der Waals surface area contributed by atoms with Gasteiger partial charge in [0.1, 0.15) is 0 Å². The van der Waals surface area contributed by atoms with Gasteiger partial charge in [-0.3, -0.25) is 4.79 Å². The summed E-state index contributed by atoms with van der Waals surface area (Å²) in [4.78, 5) is 23.0. The fourth-order valence-corrected chi connectivity index (χ4v) is 5.21. The van der Waals surface area contributed by atoms with Gasteiger partial charge in [0.05, 0.1) is 16.6 Å². The molecule has 5 heteroatoms. The molecule has 3 atom stereocenters. The normalized spacial score (nSPS) is 27.5. The summed E-state index contributed by atoms with van der Waals surface area (Å²) in [7, 11) is 0. The third kappa shape index (κ3) is 2.73. The molecule has 2 fully saturated rings. The lowest BCUT2D eigenvalue weighted by molar-refractivity contribution is -0.110. The molecule has 1 saturated carbocycles. The number of likely N-dealkylation sites (tertiary alicyclic amines) is 1. The van der Waals surface area contributed by atoms with E-state index in [0.717, 1.165) is 42.3 Å². The van der Waals surface area contributed by atoms with E-state index in [9.17, 15) is 9.90 Å². The van der Waals surface area contributed by atoms with Crippen LogP contribution >= 0.6 is 0 Å². The van der Waals surface area contributed by atoms with E-state index < -0.39 is 5.60 Å². The van der Waals surface area contributed by atoms with E-state index in [4.69, 9.17) is 0 Å². The molecule has 2 aromatic carbocycles. The quantitative estimate of drug-likeness (QED) is 0.715. The predicted octanol–water partition coefficient (Wildman–Crippen LogP) is 3.86. The lowest BCUT2D eigenvalue weighted by Gasteiger charge is -2.52. The van der Waals surface area contributed by atoms with E-state index in [1.54, 1.807) is 0 Å². The molecule has 1 saturated heterocycles. The van der Waals surface area contributed by atoms with Crippen LogP contribution in [0, 0.1) is 5.92 Å². The number of fused-ring (bicyclic) bond motifs is 2. The Morgan fingerprint density at radius 3 is 2.64 bits per heavy atom. The van der Waals surface area contributed by atoms with E-state index >= 15 is 0 Å². The number of aromatic amines is 1. The number of imidazole rings is 1. The summed E-state index contributed by atoms with van der Waals surface area (Å²) in [6, 6.07) is 17.7. The highest BCUT2D eigenvalue weighted by atomic mass is 16.3.